The summed E-state index contributed by atoms with van der Waals surface area (Å²) in [7, 11) is 0. The van der Waals surface area contributed by atoms with E-state index in [1.54, 1.807) is 0 Å². The lowest BCUT2D eigenvalue weighted by molar-refractivity contribution is 0.348. The van der Waals surface area contributed by atoms with Crippen LogP contribution in [0.5, 0.6) is 0 Å². The lowest BCUT2D eigenvalue weighted by Gasteiger charge is -2.20. The molecule has 1 fully saturated rings. The molecule has 1 aliphatic carbocycles. The molecule has 0 heterocycles. The molecule has 0 aromatic rings. The Bertz CT molecular complexity index is 95.1. The first kappa shape index (κ1) is 6.72. The number of nitrogens with zero attached hydrogens (tertiary/aromatic N) is 1. The summed E-state index contributed by atoms with van der Waals surface area (Å²) in [6.07, 6.45) is 4.42. The summed E-state index contributed by atoms with van der Waals surface area (Å²) in [6.45, 7) is 2.24. The smallest absolute Gasteiger partial charge is 0.0920 e. The maximum Gasteiger partial charge on any atom is 0.0920 e. The Kier molecular flexibility index (Phi) is 2.20. The first-order valence-corrected chi connectivity index (χ1v) is 3.65. The average Bonchev–Trinajstić information content (AvgIpc) is 1.90. The average molecular weight is 127 g/mol. The molecule has 0 atom stereocenters. The molecule has 1 rings (SSSR count). The van der Waals surface area contributed by atoms with Crippen molar-refractivity contribution >= 4 is 0 Å². The normalized spacial score (nSPS) is 36.1. The van der Waals surface area contributed by atoms with Gasteiger partial charge < -0.3 is 0 Å². The van der Waals surface area contributed by atoms with Crippen molar-refractivity contribution in [3.63, 3.8) is 0 Å². The summed E-state index contributed by atoms with van der Waals surface area (Å²) < 4.78 is 0. The van der Waals surface area contributed by atoms with Gasteiger partial charge >= 0.3 is 0 Å². The van der Waals surface area contributed by atoms with E-state index < -0.39 is 0 Å². The first-order chi connectivity index (χ1) is 4.33. The van der Waals surface area contributed by atoms with Gasteiger partial charge in [0.15, 0.2) is 0 Å². The molecule has 0 aliphatic heterocycles. The van der Waals surface area contributed by atoms with Crippen molar-refractivity contribution in [1.82, 2.24) is 0 Å². The van der Waals surface area contributed by atoms with Gasteiger partial charge in [-0.25, -0.2) is 0 Å². The first-order valence-electron chi connectivity index (χ1n) is 3.65. The Morgan fingerprint density at radius 1 is 1.22 bits per heavy atom. The summed E-state index contributed by atoms with van der Waals surface area (Å²) in [5.74, 6) is 0.822. The molecule has 1 saturated carbocycles. The van der Waals surface area contributed by atoms with Crippen LogP contribution in [0, 0.1) is 10.8 Å². The molecule has 9 heavy (non-hydrogen) atoms. The van der Waals surface area contributed by atoms with Crippen LogP contribution in [0.4, 0.5) is 0 Å². The number of nitroso groups, excluding NO2 is 1. The molecular weight excluding hydrogens is 114 g/mol. The summed E-state index contributed by atoms with van der Waals surface area (Å²) in [6, 6.07) is 0.140. The van der Waals surface area contributed by atoms with Crippen LogP contribution < -0.4 is 0 Å². The van der Waals surface area contributed by atoms with Crippen LogP contribution in [0.2, 0.25) is 0 Å². The van der Waals surface area contributed by atoms with Crippen LogP contribution in [-0.2, 0) is 0 Å². The largest absolute Gasteiger partial charge is 0.151 e. The zero-order chi connectivity index (χ0) is 6.69. The molecule has 2 heteroatoms. The molecule has 0 bridgehead atoms. The van der Waals surface area contributed by atoms with Crippen molar-refractivity contribution in [2.45, 2.75) is 38.6 Å². The van der Waals surface area contributed by atoms with E-state index in [-0.39, 0.29) is 6.04 Å². The highest BCUT2D eigenvalue weighted by atomic mass is 16.3. The second-order valence-corrected chi connectivity index (χ2v) is 3.02. The highest BCUT2D eigenvalue weighted by Crippen LogP contribution is 2.24. The van der Waals surface area contributed by atoms with E-state index in [1.807, 2.05) is 0 Å². The minimum atomic E-state index is 0.140. The van der Waals surface area contributed by atoms with Crippen molar-refractivity contribution in [2.75, 3.05) is 0 Å². The maximum atomic E-state index is 10.0. The Labute approximate surface area is 55.6 Å². The highest BCUT2D eigenvalue weighted by Gasteiger charge is 2.17. The Balaban J connectivity index is 2.26. The van der Waals surface area contributed by atoms with Crippen molar-refractivity contribution in [3.8, 4) is 0 Å². The zero-order valence-corrected chi connectivity index (χ0v) is 5.84. The third kappa shape index (κ3) is 1.77. The summed E-state index contributed by atoms with van der Waals surface area (Å²) in [5, 5.41) is 3.03. The van der Waals surface area contributed by atoms with Crippen LogP contribution in [0.15, 0.2) is 5.18 Å². The SMILES string of the molecule is CC1CCC(N=O)CC1. The Morgan fingerprint density at radius 3 is 2.22 bits per heavy atom. The zero-order valence-electron chi connectivity index (χ0n) is 5.84. The predicted molar refractivity (Wildman–Crippen MR) is 37.2 cm³/mol. The second-order valence-electron chi connectivity index (χ2n) is 3.02. The molecule has 1 aliphatic rings. The van der Waals surface area contributed by atoms with Crippen molar-refractivity contribution < 1.29 is 0 Å². The fraction of sp³-hybridized carbons (Fsp3) is 1.00. The van der Waals surface area contributed by atoms with Crippen molar-refractivity contribution in [1.29, 1.82) is 0 Å². The lowest BCUT2D eigenvalue weighted by atomic mass is 9.88. The lowest BCUT2D eigenvalue weighted by Crippen LogP contribution is -2.14. The molecule has 0 amide bonds. The maximum absolute atomic E-state index is 10.0. The molecule has 0 aromatic carbocycles. The van der Waals surface area contributed by atoms with Gasteiger partial charge in [0, 0.05) is 0 Å². The molecule has 0 aromatic heterocycles. The monoisotopic (exact) mass is 127 g/mol. The fourth-order valence-electron chi connectivity index (χ4n) is 1.35. The van der Waals surface area contributed by atoms with Gasteiger partial charge in [-0.15, -0.1) is 0 Å². The van der Waals surface area contributed by atoms with E-state index in [9.17, 15) is 4.91 Å². The third-order valence-electron chi connectivity index (χ3n) is 2.13. The molecule has 0 radical (unpaired) electrons. The van der Waals surface area contributed by atoms with Crippen LogP contribution in [0.1, 0.15) is 32.6 Å². The van der Waals surface area contributed by atoms with Crippen LogP contribution >= 0.6 is 0 Å². The molecular formula is C7H13NO. The molecule has 0 N–H and O–H groups in total. The topological polar surface area (TPSA) is 29.4 Å². The second kappa shape index (κ2) is 2.95. The van der Waals surface area contributed by atoms with E-state index in [4.69, 9.17) is 0 Å². The quantitative estimate of drug-likeness (QED) is 0.497. The van der Waals surface area contributed by atoms with E-state index >= 15 is 0 Å². The van der Waals surface area contributed by atoms with E-state index in [0.717, 1.165) is 18.8 Å². The number of rotatable bonds is 1. The predicted octanol–water partition coefficient (Wildman–Crippen LogP) is 2.33. The van der Waals surface area contributed by atoms with Gasteiger partial charge in [0.25, 0.3) is 0 Å². The molecule has 0 saturated heterocycles. The van der Waals surface area contributed by atoms with Gasteiger partial charge in [0.05, 0.1) is 6.04 Å². The molecule has 52 valence electrons. The van der Waals surface area contributed by atoms with Crippen molar-refractivity contribution in [2.24, 2.45) is 11.1 Å². The van der Waals surface area contributed by atoms with Crippen LogP contribution in [0.25, 0.3) is 0 Å². The van der Waals surface area contributed by atoms with Crippen LogP contribution in [0.3, 0.4) is 0 Å². The van der Waals surface area contributed by atoms with Crippen LogP contribution in [-0.4, -0.2) is 6.04 Å². The standard InChI is InChI=1S/C7H13NO/c1-6-2-4-7(8-9)5-3-6/h6-7H,2-5H2,1H3. The van der Waals surface area contributed by atoms with Gasteiger partial charge in [-0.3, -0.25) is 0 Å². The molecule has 2 nitrogen and oxygen atoms in total. The minimum Gasteiger partial charge on any atom is -0.151 e. The van der Waals surface area contributed by atoms with Gasteiger partial charge in [-0.2, -0.15) is 4.91 Å². The highest BCUT2D eigenvalue weighted by molar-refractivity contribution is 4.73. The minimum absolute atomic E-state index is 0.140. The van der Waals surface area contributed by atoms with Crippen molar-refractivity contribution in [3.05, 3.63) is 4.91 Å². The van der Waals surface area contributed by atoms with Gasteiger partial charge in [-0.05, 0) is 31.6 Å². The van der Waals surface area contributed by atoms with Gasteiger partial charge in [0.2, 0.25) is 0 Å². The summed E-state index contributed by atoms with van der Waals surface area (Å²) >= 11 is 0. The van der Waals surface area contributed by atoms with E-state index in [2.05, 4.69) is 12.1 Å². The van der Waals surface area contributed by atoms with E-state index in [1.165, 1.54) is 12.8 Å². The van der Waals surface area contributed by atoms with Gasteiger partial charge in [0.1, 0.15) is 0 Å². The number of hydrogen-bond acceptors (Lipinski definition) is 2. The molecule has 0 unspecified atom stereocenters. The Morgan fingerprint density at radius 2 is 1.78 bits per heavy atom. The summed E-state index contributed by atoms with van der Waals surface area (Å²) in [4.78, 5) is 10.0. The van der Waals surface area contributed by atoms with Gasteiger partial charge in [-0.1, -0.05) is 12.1 Å². The summed E-state index contributed by atoms with van der Waals surface area (Å²) in [5.41, 5.74) is 0. The van der Waals surface area contributed by atoms with E-state index in [0.29, 0.717) is 0 Å². The third-order valence-corrected chi connectivity index (χ3v) is 2.13. The fourth-order valence-corrected chi connectivity index (χ4v) is 1.35. The number of hydrogen-bond donors (Lipinski definition) is 0. The molecule has 0 spiro atoms. The Hall–Kier alpha value is -0.400.